The molecule has 0 fully saturated rings. The molecular formula is C24H23FN6. The lowest BCUT2D eigenvalue weighted by Gasteiger charge is -2.13. The summed E-state index contributed by atoms with van der Waals surface area (Å²) < 4.78 is 13.5. The minimum absolute atomic E-state index is 0.290. The normalized spacial score (nSPS) is 10.6. The number of hydrogen-bond donors (Lipinski definition) is 3. The fourth-order valence-corrected chi connectivity index (χ4v) is 3.14. The topological polar surface area (TPSA) is 74.8 Å². The molecular weight excluding hydrogens is 391 g/mol. The van der Waals surface area contributed by atoms with Gasteiger partial charge in [-0.2, -0.15) is 15.0 Å². The predicted molar refractivity (Wildman–Crippen MR) is 123 cm³/mol. The molecule has 4 aromatic rings. The highest BCUT2D eigenvalue weighted by molar-refractivity contribution is 5.63. The first kappa shape index (κ1) is 20.3. The molecule has 0 atom stereocenters. The van der Waals surface area contributed by atoms with Crippen LogP contribution < -0.4 is 16.0 Å². The van der Waals surface area contributed by atoms with Crippen LogP contribution in [0.4, 0.5) is 39.3 Å². The van der Waals surface area contributed by atoms with Crippen LogP contribution in [0.3, 0.4) is 0 Å². The van der Waals surface area contributed by atoms with Gasteiger partial charge in [-0.1, -0.05) is 24.3 Å². The van der Waals surface area contributed by atoms with Gasteiger partial charge in [-0.15, -0.1) is 0 Å². The van der Waals surface area contributed by atoms with Crippen LogP contribution in [0.15, 0.2) is 66.7 Å². The summed E-state index contributed by atoms with van der Waals surface area (Å²) in [6.45, 7) is 5.87. The maximum absolute atomic E-state index is 13.5. The van der Waals surface area contributed by atoms with Gasteiger partial charge in [0.05, 0.1) is 0 Å². The van der Waals surface area contributed by atoms with E-state index in [2.05, 4.69) is 30.9 Å². The first-order chi connectivity index (χ1) is 14.9. The summed E-state index contributed by atoms with van der Waals surface area (Å²) in [6.07, 6.45) is 0. The number of anilines is 6. The number of aryl methyl sites for hydroxylation is 3. The number of benzene rings is 3. The second-order valence-electron chi connectivity index (χ2n) is 7.38. The monoisotopic (exact) mass is 414 g/mol. The molecule has 3 aromatic carbocycles. The first-order valence-corrected chi connectivity index (χ1v) is 9.91. The lowest BCUT2D eigenvalue weighted by Crippen LogP contribution is -2.08. The summed E-state index contributed by atoms with van der Waals surface area (Å²) in [7, 11) is 0. The van der Waals surface area contributed by atoms with Crippen molar-refractivity contribution < 1.29 is 4.39 Å². The highest BCUT2D eigenvalue weighted by atomic mass is 19.1. The average molecular weight is 414 g/mol. The van der Waals surface area contributed by atoms with E-state index in [0.717, 1.165) is 33.8 Å². The van der Waals surface area contributed by atoms with Gasteiger partial charge in [-0.3, -0.25) is 0 Å². The smallest absolute Gasteiger partial charge is 0.233 e. The van der Waals surface area contributed by atoms with Crippen molar-refractivity contribution in [3.05, 3.63) is 89.2 Å². The van der Waals surface area contributed by atoms with E-state index in [0.29, 0.717) is 17.8 Å². The summed E-state index contributed by atoms with van der Waals surface area (Å²) in [6, 6.07) is 20.4. The summed E-state index contributed by atoms with van der Waals surface area (Å²) in [5.41, 5.74) is 5.46. The van der Waals surface area contributed by atoms with E-state index >= 15 is 0 Å². The fraction of sp³-hybridized carbons (Fsp3) is 0.125. The fourth-order valence-electron chi connectivity index (χ4n) is 3.14. The van der Waals surface area contributed by atoms with Crippen molar-refractivity contribution in [1.82, 2.24) is 15.0 Å². The second kappa shape index (κ2) is 8.79. The molecule has 0 amide bonds. The third kappa shape index (κ3) is 5.33. The minimum Gasteiger partial charge on any atom is -0.324 e. The molecule has 0 saturated carbocycles. The highest BCUT2D eigenvalue weighted by Gasteiger charge is 2.10. The molecule has 0 aliphatic carbocycles. The molecule has 3 N–H and O–H groups in total. The Kier molecular flexibility index (Phi) is 5.75. The number of halogens is 1. The Bertz CT molecular complexity index is 1160. The third-order valence-electron chi connectivity index (χ3n) is 4.62. The molecule has 0 unspecified atom stereocenters. The third-order valence-corrected chi connectivity index (χ3v) is 4.62. The van der Waals surface area contributed by atoms with Gasteiger partial charge < -0.3 is 16.0 Å². The SMILES string of the molecule is Cc1cccc(Nc2nc(Nc3cccc(C)c3)nc(Nc3ccc(F)cc3C)n2)c1. The lowest BCUT2D eigenvalue weighted by molar-refractivity contribution is 0.627. The Morgan fingerprint density at radius 1 is 0.613 bits per heavy atom. The average Bonchev–Trinajstić information content (AvgIpc) is 2.70. The van der Waals surface area contributed by atoms with Crippen LogP contribution in [0.1, 0.15) is 16.7 Å². The van der Waals surface area contributed by atoms with Crippen molar-refractivity contribution in [3.63, 3.8) is 0 Å². The summed E-state index contributed by atoms with van der Waals surface area (Å²) >= 11 is 0. The van der Waals surface area contributed by atoms with Crippen molar-refractivity contribution in [1.29, 1.82) is 0 Å². The van der Waals surface area contributed by atoms with Crippen LogP contribution in [0.25, 0.3) is 0 Å². The van der Waals surface area contributed by atoms with Crippen molar-refractivity contribution in [2.45, 2.75) is 20.8 Å². The zero-order valence-corrected chi connectivity index (χ0v) is 17.6. The van der Waals surface area contributed by atoms with E-state index in [1.165, 1.54) is 12.1 Å². The van der Waals surface area contributed by atoms with Crippen LogP contribution in [-0.4, -0.2) is 15.0 Å². The Balaban J connectivity index is 1.68. The van der Waals surface area contributed by atoms with Crippen LogP contribution in [0.2, 0.25) is 0 Å². The van der Waals surface area contributed by atoms with Crippen LogP contribution in [0, 0.1) is 26.6 Å². The van der Waals surface area contributed by atoms with E-state index in [-0.39, 0.29) is 5.82 Å². The molecule has 0 aliphatic rings. The number of nitrogens with zero attached hydrogens (tertiary/aromatic N) is 3. The molecule has 156 valence electrons. The van der Waals surface area contributed by atoms with E-state index in [4.69, 9.17) is 0 Å². The highest BCUT2D eigenvalue weighted by Crippen LogP contribution is 2.23. The van der Waals surface area contributed by atoms with Gasteiger partial charge in [-0.25, -0.2) is 4.39 Å². The molecule has 0 spiro atoms. The standard InChI is InChI=1S/C24H23FN6/c1-15-6-4-8-19(12-15)26-22-29-23(27-20-9-5-7-16(2)13-20)31-24(30-22)28-21-11-10-18(25)14-17(21)3/h4-14H,1-3H3,(H3,26,27,28,29,30,31). The molecule has 1 aromatic heterocycles. The molecule has 0 radical (unpaired) electrons. The second-order valence-corrected chi connectivity index (χ2v) is 7.38. The van der Waals surface area contributed by atoms with E-state index < -0.39 is 0 Å². The number of rotatable bonds is 6. The van der Waals surface area contributed by atoms with Gasteiger partial charge in [0.15, 0.2) is 0 Å². The molecule has 31 heavy (non-hydrogen) atoms. The van der Waals surface area contributed by atoms with Crippen LogP contribution in [0.5, 0.6) is 0 Å². The zero-order valence-electron chi connectivity index (χ0n) is 17.6. The summed E-state index contributed by atoms with van der Waals surface area (Å²) in [5.74, 6) is 0.827. The van der Waals surface area contributed by atoms with Crippen LogP contribution >= 0.6 is 0 Å². The molecule has 0 aliphatic heterocycles. The maximum atomic E-state index is 13.5. The molecule has 4 rings (SSSR count). The largest absolute Gasteiger partial charge is 0.324 e. The number of nitrogens with one attached hydrogen (secondary N) is 3. The van der Waals surface area contributed by atoms with E-state index in [1.807, 2.05) is 69.3 Å². The Morgan fingerprint density at radius 3 is 1.61 bits per heavy atom. The lowest BCUT2D eigenvalue weighted by atomic mass is 10.2. The number of hydrogen-bond acceptors (Lipinski definition) is 6. The first-order valence-electron chi connectivity index (χ1n) is 9.91. The van der Waals surface area contributed by atoms with Gasteiger partial charge in [0, 0.05) is 17.1 Å². The van der Waals surface area contributed by atoms with Crippen molar-refractivity contribution in [2.75, 3.05) is 16.0 Å². The van der Waals surface area contributed by atoms with Gasteiger partial charge >= 0.3 is 0 Å². The van der Waals surface area contributed by atoms with Gasteiger partial charge in [0.2, 0.25) is 17.8 Å². The maximum Gasteiger partial charge on any atom is 0.233 e. The molecule has 1 heterocycles. The zero-order chi connectivity index (χ0) is 21.8. The van der Waals surface area contributed by atoms with Crippen LogP contribution in [-0.2, 0) is 0 Å². The minimum atomic E-state index is -0.290. The number of aromatic nitrogens is 3. The molecule has 7 heteroatoms. The summed E-state index contributed by atoms with van der Waals surface area (Å²) in [4.78, 5) is 13.5. The Morgan fingerprint density at radius 2 is 1.13 bits per heavy atom. The molecule has 0 saturated heterocycles. The summed E-state index contributed by atoms with van der Waals surface area (Å²) in [5, 5.41) is 9.63. The van der Waals surface area contributed by atoms with E-state index in [9.17, 15) is 4.39 Å². The van der Waals surface area contributed by atoms with Gasteiger partial charge in [-0.05, 0) is 79.9 Å². The van der Waals surface area contributed by atoms with Crippen molar-refractivity contribution >= 4 is 34.9 Å². The van der Waals surface area contributed by atoms with Crippen molar-refractivity contribution in [2.24, 2.45) is 0 Å². The predicted octanol–water partition coefficient (Wildman–Crippen LogP) is 6.17. The quantitative estimate of drug-likeness (QED) is 0.350. The Hall–Kier alpha value is -4.00. The Labute approximate surface area is 180 Å². The molecule has 0 bridgehead atoms. The van der Waals surface area contributed by atoms with Gasteiger partial charge in [0.1, 0.15) is 5.82 Å². The van der Waals surface area contributed by atoms with E-state index in [1.54, 1.807) is 6.07 Å². The van der Waals surface area contributed by atoms with Gasteiger partial charge in [0.25, 0.3) is 0 Å². The molecule has 6 nitrogen and oxygen atoms in total. The van der Waals surface area contributed by atoms with Crippen molar-refractivity contribution in [3.8, 4) is 0 Å².